The zero-order valence-corrected chi connectivity index (χ0v) is 62.1. The van der Waals surface area contributed by atoms with Crippen molar-refractivity contribution in [3.8, 4) is 11.5 Å². The first-order valence-electron chi connectivity index (χ1n) is 37.6. The highest BCUT2D eigenvalue weighted by Crippen LogP contribution is 2.59. The van der Waals surface area contributed by atoms with Gasteiger partial charge in [-0.3, -0.25) is 0 Å². The second-order valence-electron chi connectivity index (χ2n) is 30.3. The fraction of sp³-hybridized carbons (Fsp3) is 0.0588. The lowest BCUT2D eigenvalue weighted by molar-refractivity contribution is 0.477. The Bertz CT molecular complexity index is 7170. The van der Waals surface area contributed by atoms with Crippen molar-refractivity contribution in [2.75, 3.05) is 19.6 Å². The number of hydrogen-bond acceptors (Lipinski definition) is 7. The van der Waals surface area contributed by atoms with E-state index in [1.165, 1.54) is 161 Å². The van der Waals surface area contributed by atoms with Gasteiger partial charge in [0, 0.05) is 84.7 Å². The molecule has 0 fully saturated rings. The molecule has 3 aliphatic rings. The monoisotopic (exact) mass is 1430 g/mol. The van der Waals surface area contributed by atoms with E-state index in [1.807, 2.05) is 34.8 Å². The van der Waals surface area contributed by atoms with E-state index >= 15 is 0 Å². The van der Waals surface area contributed by atoms with E-state index in [0.29, 0.717) is 0 Å². The van der Waals surface area contributed by atoms with Crippen LogP contribution in [0.2, 0.25) is 0 Å². The van der Waals surface area contributed by atoms with Crippen LogP contribution < -0.4 is 24.3 Å². The maximum Gasteiger partial charge on any atom is 0.151 e. The van der Waals surface area contributed by atoms with E-state index in [2.05, 4.69) is 387 Å². The number of nitrogens with zero attached hydrogens (tertiary/aromatic N) is 4. The number of para-hydroxylation sites is 7. The lowest BCUT2D eigenvalue weighted by atomic mass is 9.73. The van der Waals surface area contributed by atoms with E-state index in [9.17, 15) is 0 Å². The maximum absolute atomic E-state index is 6.45. The Labute approximate surface area is 639 Å². The molecule has 0 saturated carbocycles. The fourth-order valence-corrected chi connectivity index (χ4v) is 20.5. The summed E-state index contributed by atoms with van der Waals surface area (Å²) in [6.07, 6.45) is 0. The minimum Gasteiger partial charge on any atom is -0.453 e. The summed E-state index contributed by atoms with van der Waals surface area (Å²) in [6, 6.07) is 129. The lowest BCUT2D eigenvalue weighted by Crippen LogP contribution is -2.30. The van der Waals surface area contributed by atoms with Gasteiger partial charge in [-0.2, -0.15) is 0 Å². The van der Waals surface area contributed by atoms with Crippen LogP contribution >= 0.6 is 22.7 Å². The van der Waals surface area contributed by atoms with Crippen LogP contribution in [0.1, 0.15) is 49.9 Å². The molecular formula is C102H70N4OS2. The Balaban J connectivity index is 0.000000135. The molecule has 0 spiro atoms. The van der Waals surface area contributed by atoms with E-state index < -0.39 is 0 Å². The van der Waals surface area contributed by atoms with E-state index in [1.54, 1.807) is 0 Å². The fourth-order valence-electron chi connectivity index (χ4n) is 18.3. The van der Waals surface area contributed by atoms with Crippen LogP contribution in [0.4, 0.5) is 68.2 Å². The topological polar surface area (TPSA) is 22.2 Å². The average molecular weight is 1430 g/mol. The summed E-state index contributed by atoms with van der Waals surface area (Å²) in [5, 5.41) is 20.1. The molecule has 5 heterocycles. The molecule has 109 heavy (non-hydrogen) atoms. The zero-order valence-electron chi connectivity index (χ0n) is 60.5. The summed E-state index contributed by atoms with van der Waals surface area (Å²) in [5.41, 5.74) is 19.0. The van der Waals surface area contributed by atoms with Crippen LogP contribution in [0.15, 0.2) is 352 Å². The van der Waals surface area contributed by atoms with Crippen LogP contribution in [-0.2, 0) is 10.8 Å². The van der Waals surface area contributed by atoms with Crippen LogP contribution in [0.5, 0.6) is 11.5 Å². The predicted octanol–water partition coefficient (Wildman–Crippen LogP) is 30.3. The number of anilines is 12. The second kappa shape index (κ2) is 24.2. The molecule has 5 nitrogen and oxygen atoms in total. The van der Waals surface area contributed by atoms with Crippen molar-refractivity contribution in [2.45, 2.75) is 38.5 Å². The van der Waals surface area contributed by atoms with Gasteiger partial charge in [0.1, 0.15) is 0 Å². The third-order valence-corrected chi connectivity index (χ3v) is 25.8. The Morgan fingerprint density at radius 2 is 0.642 bits per heavy atom. The highest BCUT2D eigenvalue weighted by atomic mass is 32.1. The van der Waals surface area contributed by atoms with Crippen molar-refractivity contribution in [3.63, 3.8) is 0 Å². The van der Waals surface area contributed by atoms with E-state index in [-0.39, 0.29) is 10.8 Å². The van der Waals surface area contributed by atoms with Gasteiger partial charge in [0.25, 0.3) is 0 Å². The van der Waals surface area contributed by atoms with Gasteiger partial charge in [-0.15, -0.1) is 22.7 Å². The first kappa shape index (κ1) is 63.3. The lowest BCUT2D eigenvalue weighted by Gasteiger charge is -2.42. The summed E-state index contributed by atoms with van der Waals surface area (Å²) < 4.78 is 11.7. The number of ether oxygens (including phenoxy) is 1. The summed E-state index contributed by atoms with van der Waals surface area (Å²) in [6.45, 7) is 9.53. The normalized spacial score (nSPS) is 13.9. The van der Waals surface area contributed by atoms with Crippen LogP contribution in [0.3, 0.4) is 0 Å². The van der Waals surface area contributed by atoms with Crippen LogP contribution in [0, 0.1) is 0 Å². The smallest absolute Gasteiger partial charge is 0.151 e. The Morgan fingerprint density at radius 3 is 1.22 bits per heavy atom. The molecule has 0 radical (unpaired) electrons. The standard InChI is InChI=1S/C51H34N2OS.C51H36N2S/c1-51(2)39-20-8-9-21-41(39)52(46-30-50-38(27-40(46)51)35-19-7-14-26-49(35)55-50)44-28-36-32-16-4-6-18-34(32)45(29-37(36)31-15-3-5-17-33(31)44)53-42-22-10-12-24-47(42)54-48-25-13-11-23-43(48)53;1-51(2)45-17-9-10-18-47(45)53(48-32-50-44(31-46(48)51)43-16-8-11-19-49(43)54-50)40-25-27-42-36(30-40)21-20-35-29-39(24-26-41(35)42)52(37-14-4-3-5-15-37)38-23-22-33-12-6-7-13-34(33)28-38/h3-30H,1-2H3;3-32H,1-2H3. The van der Waals surface area contributed by atoms with Gasteiger partial charge in [-0.1, -0.05) is 246 Å². The average Bonchev–Trinajstić information content (AvgIpc) is 1.64. The number of rotatable bonds is 6. The summed E-state index contributed by atoms with van der Waals surface area (Å²) >= 11 is 3.77. The minimum absolute atomic E-state index is 0.148. The van der Waals surface area contributed by atoms with Gasteiger partial charge in [-0.25, -0.2) is 0 Å². The van der Waals surface area contributed by atoms with Crippen molar-refractivity contribution < 1.29 is 4.74 Å². The van der Waals surface area contributed by atoms with Gasteiger partial charge in [0.2, 0.25) is 0 Å². The van der Waals surface area contributed by atoms with Gasteiger partial charge in [0.15, 0.2) is 11.5 Å². The molecule has 0 saturated heterocycles. The van der Waals surface area contributed by atoms with Crippen molar-refractivity contribution in [2.24, 2.45) is 0 Å². The van der Waals surface area contributed by atoms with E-state index in [4.69, 9.17) is 4.74 Å². The van der Waals surface area contributed by atoms with Crippen molar-refractivity contribution in [1.29, 1.82) is 0 Å². The van der Waals surface area contributed by atoms with Gasteiger partial charge < -0.3 is 24.3 Å². The number of hydrogen-bond donors (Lipinski definition) is 0. The highest BCUT2D eigenvalue weighted by molar-refractivity contribution is 7.26. The first-order chi connectivity index (χ1) is 53.6. The molecule has 23 rings (SSSR count). The van der Waals surface area contributed by atoms with Crippen molar-refractivity contribution >= 4 is 196 Å². The third-order valence-electron chi connectivity index (χ3n) is 23.5. The van der Waals surface area contributed by atoms with Crippen LogP contribution in [0.25, 0.3) is 105 Å². The molecule has 0 unspecified atom stereocenters. The first-order valence-corrected chi connectivity index (χ1v) is 39.2. The third kappa shape index (κ3) is 9.76. The summed E-state index contributed by atoms with van der Waals surface area (Å²) in [7, 11) is 0. The largest absolute Gasteiger partial charge is 0.453 e. The molecule has 0 aliphatic carbocycles. The van der Waals surface area contributed by atoms with Gasteiger partial charge in [0.05, 0.1) is 45.5 Å². The molecule has 20 aromatic rings. The zero-order chi connectivity index (χ0) is 72.4. The van der Waals surface area contributed by atoms with Gasteiger partial charge >= 0.3 is 0 Å². The Hall–Kier alpha value is -13.0. The quantitative estimate of drug-likeness (QED) is 0.154. The SMILES string of the molecule is CC1(C)c2ccccc2N(c2cc3c4ccccc4c(N4c5ccccc5Oc5ccccc54)cc3c3ccccc23)c2cc3sc4ccccc4c3cc21.CC1(C)c2ccccc2N(c2ccc3c(ccc4cc(N(c5ccccc5)c5ccc6ccccc6c5)ccc43)c2)c2cc3sc4ccccc4c3cc21. The molecule has 0 N–H and O–H groups in total. The number of thiophene rings is 2. The molecular weight excluding hydrogens is 1360 g/mol. The van der Waals surface area contributed by atoms with Crippen molar-refractivity contribution in [3.05, 3.63) is 374 Å². The molecule has 0 atom stereocenters. The second-order valence-corrected chi connectivity index (χ2v) is 32.5. The molecule has 0 amide bonds. The number of benzene rings is 18. The molecule has 516 valence electrons. The molecule has 18 aromatic carbocycles. The maximum atomic E-state index is 6.45. The summed E-state index contributed by atoms with van der Waals surface area (Å²) in [4.78, 5) is 9.79. The Kier molecular flexibility index (Phi) is 14.1. The molecule has 3 aliphatic heterocycles. The highest BCUT2D eigenvalue weighted by Gasteiger charge is 2.40. The van der Waals surface area contributed by atoms with Crippen LogP contribution in [-0.4, -0.2) is 0 Å². The Morgan fingerprint density at radius 1 is 0.229 bits per heavy atom. The predicted molar refractivity (Wildman–Crippen MR) is 467 cm³/mol. The minimum atomic E-state index is -0.196. The number of fused-ring (bicyclic) bond motifs is 21. The van der Waals surface area contributed by atoms with E-state index in [0.717, 1.165) is 45.6 Å². The van der Waals surface area contributed by atoms with Gasteiger partial charge in [-0.05, 0) is 210 Å². The molecule has 7 heteroatoms. The molecule has 0 bridgehead atoms. The molecule has 2 aromatic heterocycles. The van der Waals surface area contributed by atoms with Crippen molar-refractivity contribution in [1.82, 2.24) is 0 Å². The summed E-state index contributed by atoms with van der Waals surface area (Å²) in [5.74, 6) is 1.70.